The molecular weight excluding hydrogens is 304 g/mol. The second kappa shape index (κ2) is 22.1. The molecule has 0 spiro atoms. The molecule has 0 aromatic carbocycles. The van der Waals surface area contributed by atoms with Gasteiger partial charge in [0.1, 0.15) is 0 Å². The van der Waals surface area contributed by atoms with Crippen molar-refractivity contribution in [1.29, 1.82) is 0 Å². The molecule has 0 saturated carbocycles. The number of hydrogen-bond acceptors (Lipinski definition) is 0. The molecular formula is C18H38ClCr. The van der Waals surface area contributed by atoms with Gasteiger partial charge in [0.05, 0.1) is 0 Å². The summed E-state index contributed by atoms with van der Waals surface area (Å²) in [6, 6.07) is 0. The summed E-state index contributed by atoms with van der Waals surface area (Å²) in [6.45, 7) is 2.29. The van der Waals surface area contributed by atoms with Crippen molar-refractivity contribution in [3.05, 3.63) is 0 Å². The number of rotatable bonds is 16. The van der Waals surface area contributed by atoms with Crippen LogP contribution in [0, 0.1) is 0 Å². The number of unbranched alkanes of at least 4 members (excludes halogenated alkanes) is 15. The molecule has 2 heteroatoms. The van der Waals surface area contributed by atoms with Crippen molar-refractivity contribution >= 4 is 12.4 Å². The first-order valence-electron chi connectivity index (χ1n) is 9.00. The van der Waals surface area contributed by atoms with Crippen LogP contribution in [0.4, 0.5) is 0 Å². The summed E-state index contributed by atoms with van der Waals surface area (Å²) < 4.78 is 0. The Morgan fingerprint density at radius 1 is 0.450 bits per heavy atom. The van der Waals surface area contributed by atoms with Gasteiger partial charge in [-0.15, -0.1) is 12.4 Å². The minimum atomic E-state index is 0. The third-order valence-electron chi connectivity index (χ3n) is 4.00. The fraction of sp³-hybridized carbons (Fsp3) is 1.00. The van der Waals surface area contributed by atoms with Gasteiger partial charge in [-0.05, 0) is 0 Å². The third-order valence-corrected chi connectivity index (χ3v) is 4.45. The summed E-state index contributed by atoms with van der Waals surface area (Å²) in [5.41, 5.74) is 0. The Hall–Kier alpha value is 0.822. The topological polar surface area (TPSA) is 0 Å². The van der Waals surface area contributed by atoms with Crippen molar-refractivity contribution in [2.75, 3.05) is 0 Å². The van der Waals surface area contributed by atoms with Crippen LogP contribution in [-0.2, 0) is 16.3 Å². The van der Waals surface area contributed by atoms with Gasteiger partial charge in [-0.1, -0.05) is 39.0 Å². The molecule has 0 heterocycles. The van der Waals surface area contributed by atoms with E-state index < -0.39 is 0 Å². The zero-order valence-electron chi connectivity index (χ0n) is 13.8. The molecule has 123 valence electrons. The molecule has 0 aromatic heterocycles. The van der Waals surface area contributed by atoms with Crippen molar-refractivity contribution in [3.63, 3.8) is 0 Å². The summed E-state index contributed by atoms with van der Waals surface area (Å²) in [7, 11) is 0. The predicted molar refractivity (Wildman–Crippen MR) is 91.6 cm³/mol. The van der Waals surface area contributed by atoms with Gasteiger partial charge in [-0.3, -0.25) is 0 Å². The minimum absolute atomic E-state index is 0. The zero-order chi connectivity index (χ0) is 14.0. The van der Waals surface area contributed by atoms with Crippen LogP contribution in [0.3, 0.4) is 0 Å². The Morgan fingerprint density at radius 3 is 0.950 bits per heavy atom. The van der Waals surface area contributed by atoms with Crippen molar-refractivity contribution in [1.82, 2.24) is 0 Å². The predicted octanol–water partition coefficient (Wildman–Crippen LogP) is 7.63. The Bertz CT molecular complexity index is 134. The minimum Gasteiger partial charge on any atom is -0.147 e. The van der Waals surface area contributed by atoms with E-state index in [9.17, 15) is 0 Å². The van der Waals surface area contributed by atoms with E-state index in [2.05, 4.69) is 23.2 Å². The smallest absolute Gasteiger partial charge is 0.147 e. The van der Waals surface area contributed by atoms with E-state index in [0.717, 1.165) is 0 Å². The van der Waals surface area contributed by atoms with Crippen LogP contribution in [0.1, 0.15) is 110 Å². The molecule has 0 aromatic rings. The molecule has 0 amide bonds. The second-order valence-electron chi connectivity index (χ2n) is 6.01. The summed E-state index contributed by atoms with van der Waals surface area (Å²) >= 11 is 3.09. The zero-order valence-corrected chi connectivity index (χ0v) is 15.9. The van der Waals surface area contributed by atoms with Crippen LogP contribution in [0.15, 0.2) is 0 Å². The molecule has 0 aliphatic carbocycles. The summed E-state index contributed by atoms with van der Waals surface area (Å²) in [5.74, 6) is 0. The average Bonchev–Trinajstić information content (AvgIpc) is 2.43. The second-order valence-corrected chi connectivity index (χ2v) is 6.64. The SMILES string of the molecule is CCCCCCCCCCCCCCCCC[CH2][Cr].Cl. The fourth-order valence-corrected chi connectivity index (χ4v) is 2.97. The van der Waals surface area contributed by atoms with E-state index in [1.807, 2.05) is 0 Å². The van der Waals surface area contributed by atoms with Gasteiger partial charge in [0, 0.05) is 0 Å². The van der Waals surface area contributed by atoms with E-state index in [0.29, 0.717) is 0 Å². The molecule has 0 radical (unpaired) electrons. The first kappa shape index (κ1) is 23.1. The van der Waals surface area contributed by atoms with Gasteiger partial charge in [0.25, 0.3) is 0 Å². The Kier molecular flexibility index (Phi) is 25.5. The van der Waals surface area contributed by atoms with Gasteiger partial charge in [-0.2, -0.15) is 0 Å². The van der Waals surface area contributed by atoms with Crippen LogP contribution in [-0.4, -0.2) is 0 Å². The van der Waals surface area contributed by atoms with E-state index in [4.69, 9.17) is 0 Å². The Labute approximate surface area is 143 Å². The van der Waals surface area contributed by atoms with E-state index in [1.165, 1.54) is 108 Å². The molecule has 0 saturated heterocycles. The molecule has 0 fully saturated rings. The van der Waals surface area contributed by atoms with Crippen LogP contribution in [0.25, 0.3) is 0 Å². The van der Waals surface area contributed by atoms with E-state index in [1.54, 1.807) is 0 Å². The van der Waals surface area contributed by atoms with Crippen molar-refractivity contribution in [2.24, 2.45) is 0 Å². The average molecular weight is 342 g/mol. The summed E-state index contributed by atoms with van der Waals surface area (Å²) in [6.07, 6.45) is 23.4. The van der Waals surface area contributed by atoms with Crippen LogP contribution in [0.5, 0.6) is 0 Å². The van der Waals surface area contributed by atoms with E-state index in [-0.39, 0.29) is 12.4 Å². The normalized spacial score (nSPS) is 10.4. The molecule has 0 nitrogen and oxygen atoms in total. The fourth-order valence-electron chi connectivity index (χ4n) is 2.65. The van der Waals surface area contributed by atoms with Gasteiger partial charge in [0.15, 0.2) is 0 Å². The maximum absolute atomic E-state index is 3.09. The van der Waals surface area contributed by atoms with Crippen LogP contribution < -0.4 is 0 Å². The first-order valence-corrected chi connectivity index (χ1v) is 9.90. The third kappa shape index (κ3) is 21.1. The Morgan fingerprint density at radius 2 is 0.700 bits per heavy atom. The van der Waals surface area contributed by atoms with Crippen molar-refractivity contribution in [3.8, 4) is 0 Å². The Balaban J connectivity index is 0. The van der Waals surface area contributed by atoms with Crippen molar-refractivity contribution < 1.29 is 16.3 Å². The van der Waals surface area contributed by atoms with Gasteiger partial charge in [0.2, 0.25) is 0 Å². The quantitative estimate of drug-likeness (QED) is 0.253. The largest absolute Gasteiger partial charge is 0.147 e. The molecule has 0 unspecified atom stereocenters. The van der Waals surface area contributed by atoms with Crippen LogP contribution in [0.2, 0.25) is 5.28 Å². The molecule has 0 rings (SSSR count). The van der Waals surface area contributed by atoms with Gasteiger partial charge in [-0.25, -0.2) is 0 Å². The molecule has 0 aliphatic heterocycles. The maximum Gasteiger partial charge on any atom is -0.147 e. The first-order chi connectivity index (χ1) is 9.41. The number of halogens is 1. The maximum atomic E-state index is 3.09. The molecule has 0 bridgehead atoms. The monoisotopic (exact) mass is 341 g/mol. The van der Waals surface area contributed by atoms with Crippen LogP contribution >= 0.6 is 12.4 Å². The molecule has 0 atom stereocenters. The summed E-state index contributed by atoms with van der Waals surface area (Å²) in [4.78, 5) is 0. The molecule has 0 N–H and O–H groups in total. The van der Waals surface area contributed by atoms with Gasteiger partial charge >= 0.3 is 92.2 Å². The summed E-state index contributed by atoms with van der Waals surface area (Å²) in [5, 5.41) is 1.25. The van der Waals surface area contributed by atoms with E-state index >= 15 is 0 Å². The number of hydrogen-bond donors (Lipinski definition) is 0. The van der Waals surface area contributed by atoms with Gasteiger partial charge < -0.3 is 0 Å². The standard InChI is InChI=1S/C18H37.ClH.Cr/c1-3-5-7-9-11-13-15-17-18-16-14-12-10-8-6-4-2;;/h1,3-18H2,2H3;1H;. The van der Waals surface area contributed by atoms with Crippen molar-refractivity contribution in [2.45, 2.75) is 115 Å². The molecule has 0 aliphatic rings. The molecule has 20 heavy (non-hydrogen) atoms.